The molecule has 38 heavy (non-hydrogen) atoms. The Kier molecular flexibility index (Phi) is 6.29. The van der Waals surface area contributed by atoms with Crippen LogP contribution in [0.15, 0.2) is 40.3 Å². The molecule has 0 aromatic carbocycles. The summed E-state index contributed by atoms with van der Waals surface area (Å²) in [5.41, 5.74) is 1.58. The van der Waals surface area contributed by atoms with E-state index in [0.717, 1.165) is 13.1 Å². The Balaban J connectivity index is 1.43. The minimum absolute atomic E-state index is 0.259. The lowest BCUT2D eigenvalue weighted by molar-refractivity contribution is -0.135. The molecule has 0 atom stereocenters. The van der Waals surface area contributed by atoms with Crippen molar-refractivity contribution in [3.05, 3.63) is 51.6 Å². The van der Waals surface area contributed by atoms with Crippen LogP contribution in [0.4, 0.5) is 5.95 Å². The number of ether oxygens (including phenoxy) is 1. The smallest absolute Gasteiger partial charge is 0.329 e. The normalized spacial score (nSPS) is 16.9. The molecule has 13 nitrogen and oxygen atoms in total. The third-order valence-corrected chi connectivity index (χ3v) is 7.16. The first-order chi connectivity index (χ1) is 18.5. The van der Waals surface area contributed by atoms with E-state index in [1.54, 1.807) is 27.9 Å². The van der Waals surface area contributed by atoms with E-state index in [4.69, 9.17) is 9.72 Å². The van der Waals surface area contributed by atoms with E-state index >= 15 is 0 Å². The van der Waals surface area contributed by atoms with Crippen molar-refractivity contribution < 1.29 is 14.6 Å². The van der Waals surface area contributed by atoms with Crippen LogP contribution >= 0.6 is 0 Å². The van der Waals surface area contributed by atoms with Gasteiger partial charge in [-0.15, -0.1) is 0 Å². The summed E-state index contributed by atoms with van der Waals surface area (Å²) >= 11 is 0. The molecule has 2 aliphatic rings. The molecule has 0 unspecified atom stereocenters. The number of carbonyl (C=O) groups excluding carboxylic acids is 1. The molecule has 0 saturated carbocycles. The van der Waals surface area contributed by atoms with Gasteiger partial charge in [-0.3, -0.25) is 24.1 Å². The molecule has 6 heterocycles. The number of aromatic nitrogens is 6. The Morgan fingerprint density at radius 3 is 2.47 bits per heavy atom. The van der Waals surface area contributed by atoms with Crippen molar-refractivity contribution in [1.29, 1.82) is 0 Å². The maximum absolute atomic E-state index is 13.1. The number of carbonyl (C=O) groups is 1. The number of rotatable bonds is 4. The molecular formula is C25H26N8O5. The van der Waals surface area contributed by atoms with Gasteiger partial charge in [0, 0.05) is 56.4 Å². The molecule has 0 bridgehead atoms. The summed E-state index contributed by atoms with van der Waals surface area (Å²) in [6.45, 7) is 2.96. The lowest BCUT2D eigenvalue weighted by Gasteiger charge is -2.33. The number of aliphatic hydroxyl groups excluding tert-OH is 1. The van der Waals surface area contributed by atoms with Crippen molar-refractivity contribution in [2.45, 2.75) is 18.9 Å². The van der Waals surface area contributed by atoms with Gasteiger partial charge in [0.2, 0.25) is 11.9 Å². The summed E-state index contributed by atoms with van der Waals surface area (Å²) in [7, 11) is 0. The highest BCUT2D eigenvalue weighted by Crippen LogP contribution is 2.29. The molecule has 1 amide bonds. The minimum Gasteiger partial charge on any atom is -0.387 e. The first-order valence-electron chi connectivity index (χ1n) is 12.5. The second-order valence-corrected chi connectivity index (χ2v) is 9.36. The Morgan fingerprint density at radius 1 is 1.03 bits per heavy atom. The van der Waals surface area contributed by atoms with Crippen LogP contribution in [0, 0.1) is 0 Å². The van der Waals surface area contributed by atoms with Crippen molar-refractivity contribution in [3.63, 3.8) is 0 Å². The van der Waals surface area contributed by atoms with E-state index in [9.17, 15) is 19.5 Å². The number of aliphatic hydroxyl groups is 1. The fraction of sp³-hybridized carbons (Fsp3) is 0.400. The van der Waals surface area contributed by atoms with Crippen LogP contribution in [0.5, 0.6) is 0 Å². The molecule has 4 aromatic rings. The molecule has 2 fully saturated rings. The number of piperidine rings is 1. The molecule has 2 aliphatic heterocycles. The maximum Gasteiger partial charge on any atom is 0.329 e. The van der Waals surface area contributed by atoms with Crippen molar-refractivity contribution in [1.82, 2.24) is 34.4 Å². The number of morpholine rings is 1. The number of fused-ring (bicyclic) bond motifs is 3. The van der Waals surface area contributed by atoms with Gasteiger partial charge in [0.1, 0.15) is 12.1 Å². The minimum atomic E-state index is -0.549. The molecule has 6 rings (SSSR count). The van der Waals surface area contributed by atoms with Crippen LogP contribution in [0.2, 0.25) is 0 Å². The summed E-state index contributed by atoms with van der Waals surface area (Å²) in [6, 6.07) is 3.34. The average molecular weight is 519 g/mol. The number of hydrogen-bond donors (Lipinski definition) is 2. The molecule has 0 aliphatic carbocycles. The van der Waals surface area contributed by atoms with Gasteiger partial charge < -0.3 is 19.6 Å². The number of amides is 1. The highest BCUT2D eigenvalue weighted by atomic mass is 16.5. The number of nitrogens with zero attached hydrogens (tertiary/aromatic N) is 7. The fourth-order valence-electron chi connectivity index (χ4n) is 5.15. The van der Waals surface area contributed by atoms with Gasteiger partial charge in [0.05, 0.1) is 35.3 Å². The van der Waals surface area contributed by atoms with E-state index in [0.29, 0.717) is 72.9 Å². The van der Waals surface area contributed by atoms with E-state index in [-0.39, 0.29) is 17.3 Å². The number of H-pyrrole nitrogens is 1. The molecule has 2 N–H and O–H groups in total. The molecule has 196 valence electrons. The first kappa shape index (κ1) is 24.1. The largest absolute Gasteiger partial charge is 0.387 e. The summed E-state index contributed by atoms with van der Waals surface area (Å²) in [5, 5.41) is 9.45. The van der Waals surface area contributed by atoms with Gasteiger partial charge in [0.15, 0.2) is 0 Å². The van der Waals surface area contributed by atoms with Gasteiger partial charge in [0.25, 0.3) is 5.56 Å². The number of anilines is 1. The maximum atomic E-state index is 13.1. The van der Waals surface area contributed by atoms with Crippen molar-refractivity contribution in [2.24, 2.45) is 0 Å². The van der Waals surface area contributed by atoms with Crippen LogP contribution in [0.1, 0.15) is 18.9 Å². The van der Waals surface area contributed by atoms with Crippen molar-refractivity contribution in [2.75, 3.05) is 50.9 Å². The quantitative estimate of drug-likeness (QED) is 0.354. The Bertz CT molecular complexity index is 1620. The van der Waals surface area contributed by atoms with Gasteiger partial charge in [-0.25, -0.2) is 19.7 Å². The Morgan fingerprint density at radius 2 is 1.76 bits per heavy atom. The molecular weight excluding hydrogens is 492 g/mol. The predicted octanol–water partition coefficient (Wildman–Crippen LogP) is 0.0824. The van der Waals surface area contributed by atoms with E-state index in [2.05, 4.69) is 24.8 Å². The van der Waals surface area contributed by atoms with E-state index in [1.165, 1.54) is 6.20 Å². The van der Waals surface area contributed by atoms with Crippen LogP contribution in [0.3, 0.4) is 0 Å². The van der Waals surface area contributed by atoms with E-state index in [1.807, 2.05) is 6.07 Å². The molecule has 0 spiro atoms. The summed E-state index contributed by atoms with van der Waals surface area (Å²) in [6.07, 6.45) is 5.86. The molecule has 2 saturated heterocycles. The van der Waals surface area contributed by atoms with Crippen LogP contribution < -0.4 is 16.1 Å². The Labute approximate surface area is 215 Å². The standard InChI is InChI=1S/C25H26N8O5/c34-14-20(35)31-5-3-16(4-6-31)33-22-17(23(36)30-25(33)37)13-26-19-2-1-18(29-21(19)22)15-11-27-24(28-12-15)32-7-9-38-10-8-32/h1-2,11-13,16,34H,3-10,14H2,(H,30,36,37). The zero-order chi connectivity index (χ0) is 26.2. The number of pyridine rings is 2. The van der Waals surface area contributed by atoms with Crippen molar-refractivity contribution in [3.8, 4) is 11.3 Å². The summed E-state index contributed by atoms with van der Waals surface area (Å²) < 4.78 is 6.96. The fourth-order valence-corrected chi connectivity index (χ4v) is 5.15. The zero-order valence-electron chi connectivity index (χ0n) is 20.5. The third-order valence-electron chi connectivity index (χ3n) is 7.16. The SMILES string of the molecule is O=C(CO)N1CCC(n2c(=O)[nH]c(=O)c3cnc4ccc(-c5cnc(N6CCOCC6)nc5)nc4c32)CC1. The number of hydrogen-bond acceptors (Lipinski definition) is 10. The van der Waals surface area contributed by atoms with Gasteiger partial charge >= 0.3 is 5.69 Å². The molecule has 4 aromatic heterocycles. The lowest BCUT2D eigenvalue weighted by Crippen LogP contribution is -2.43. The lowest BCUT2D eigenvalue weighted by atomic mass is 10.0. The third kappa shape index (κ3) is 4.29. The zero-order valence-corrected chi connectivity index (χ0v) is 20.5. The number of nitrogens with one attached hydrogen (secondary N) is 1. The summed E-state index contributed by atoms with van der Waals surface area (Å²) in [4.78, 5) is 62.1. The van der Waals surface area contributed by atoms with Gasteiger partial charge in [-0.2, -0.15) is 0 Å². The topological polar surface area (TPSA) is 159 Å². The van der Waals surface area contributed by atoms with Crippen molar-refractivity contribution >= 4 is 33.8 Å². The predicted molar refractivity (Wildman–Crippen MR) is 138 cm³/mol. The summed E-state index contributed by atoms with van der Waals surface area (Å²) in [5.74, 6) is 0.279. The highest BCUT2D eigenvalue weighted by molar-refractivity contribution is 6.01. The van der Waals surface area contributed by atoms with Gasteiger partial charge in [-0.05, 0) is 25.0 Å². The van der Waals surface area contributed by atoms with E-state index < -0.39 is 17.9 Å². The molecule has 0 radical (unpaired) electrons. The number of aromatic amines is 1. The number of likely N-dealkylation sites (tertiary alicyclic amines) is 1. The second kappa shape index (κ2) is 9.91. The monoisotopic (exact) mass is 518 g/mol. The second-order valence-electron chi connectivity index (χ2n) is 9.36. The molecule has 13 heteroatoms. The Hall–Kier alpha value is -4.23. The highest BCUT2D eigenvalue weighted by Gasteiger charge is 2.27. The van der Waals surface area contributed by atoms with Crippen LogP contribution in [-0.4, -0.2) is 91.4 Å². The average Bonchev–Trinajstić information content (AvgIpc) is 2.97. The van der Waals surface area contributed by atoms with Gasteiger partial charge in [-0.1, -0.05) is 0 Å². The first-order valence-corrected chi connectivity index (χ1v) is 12.5. The van der Waals surface area contributed by atoms with Crippen LogP contribution in [-0.2, 0) is 9.53 Å². The van der Waals surface area contributed by atoms with Crippen LogP contribution in [0.25, 0.3) is 33.2 Å².